The fraction of sp³-hybridized carbons (Fsp3) is 0.250. The summed E-state index contributed by atoms with van der Waals surface area (Å²) in [5, 5.41) is 0. The fourth-order valence-electron chi connectivity index (χ4n) is 2.05. The van der Waals surface area contributed by atoms with Gasteiger partial charge in [-0.3, -0.25) is 4.72 Å². The molecule has 0 amide bonds. The minimum Gasteiger partial charge on any atom is -0.380 e. The third-order valence-corrected chi connectivity index (χ3v) is 4.66. The molecule has 0 spiro atoms. The van der Waals surface area contributed by atoms with Crippen molar-refractivity contribution in [2.24, 2.45) is 0 Å². The molecule has 1 N–H and O–H groups in total. The highest BCUT2D eigenvalue weighted by atomic mass is 32.2. The number of anilines is 1. The van der Waals surface area contributed by atoms with Gasteiger partial charge in [0.25, 0.3) is 10.0 Å². The number of benzene rings is 2. The summed E-state index contributed by atoms with van der Waals surface area (Å²) in [6, 6.07) is 12.3. The van der Waals surface area contributed by atoms with Gasteiger partial charge in [0, 0.05) is 12.7 Å². The zero-order valence-corrected chi connectivity index (χ0v) is 13.2. The molecule has 0 fully saturated rings. The first-order valence-electron chi connectivity index (χ1n) is 6.61. The largest absolute Gasteiger partial charge is 0.380 e. The highest BCUT2D eigenvalue weighted by Gasteiger charge is 2.16. The normalized spacial score (nSPS) is 11.4. The molecule has 0 aromatic heterocycles. The van der Waals surface area contributed by atoms with Crippen LogP contribution in [0.25, 0.3) is 0 Å². The lowest BCUT2D eigenvalue weighted by Gasteiger charge is -2.14. The van der Waals surface area contributed by atoms with E-state index in [4.69, 9.17) is 4.74 Å². The Hall–Kier alpha value is -1.85. The van der Waals surface area contributed by atoms with Crippen LogP contribution in [0.2, 0.25) is 0 Å². The SMILES string of the molecule is COCc1c(C)cccc1NS(=O)(=O)c1ccc(C)cc1. The molecular formula is C16H19NO3S. The number of hydrogen-bond donors (Lipinski definition) is 1. The fourth-order valence-corrected chi connectivity index (χ4v) is 3.15. The first kappa shape index (κ1) is 15.5. The third-order valence-electron chi connectivity index (χ3n) is 3.27. The van der Waals surface area contributed by atoms with E-state index in [1.807, 2.05) is 26.0 Å². The summed E-state index contributed by atoms with van der Waals surface area (Å²) in [6.45, 7) is 4.21. The predicted molar refractivity (Wildman–Crippen MR) is 83.9 cm³/mol. The number of sulfonamides is 1. The summed E-state index contributed by atoms with van der Waals surface area (Å²) < 4.78 is 32.6. The van der Waals surface area contributed by atoms with E-state index in [2.05, 4.69) is 4.72 Å². The van der Waals surface area contributed by atoms with Gasteiger partial charge in [-0.05, 0) is 37.6 Å². The minimum absolute atomic E-state index is 0.248. The Morgan fingerprint density at radius 1 is 1.05 bits per heavy atom. The van der Waals surface area contributed by atoms with Crippen LogP contribution in [-0.4, -0.2) is 15.5 Å². The lowest BCUT2D eigenvalue weighted by atomic mass is 10.1. The Labute approximate surface area is 125 Å². The van der Waals surface area contributed by atoms with Gasteiger partial charge in [0.15, 0.2) is 0 Å². The van der Waals surface area contributed by atoms with Gasteiger partial charge in [-0.25, -0.2) is 8.42 Å². The average Bonchev–Trinajstić information content (AvgIpc) is 2.43. The molecule has 0 bridgehead atoms. The van der Waals surface area contributed by atoms with Crippen LogP contribution in [0.1, 0.15) is 16.7 Å². The zero-order valence-electron chi connectivity index (χ0n) is 12.4. The molecule has 2 aromatic carbocycles. The monoisotopic (exact) mass is 305 g/mol. The average molecular weight is 305 g/mol. The second kappa shape index (κ2) is 6.28. The van der Waals surface area contributed by atoms with Crippen LogP contribution in [0.15, 0.2) is 47.4 Å². The molecule has 2 aromatic rings. The summed E-state index contributed by atoms with van der Waals surface area (Å²) in [7, 11) is -2.01. The Morgan fingerprint density at radius 2 is 1.71 bits per heavy atom. The van der Waals surface area contributed by atoms with Crippen LogP contribution in [-0.2, 0) is 21.4 Å². The lowest BCUT2D eigenvalue weighted by Crippen LogP contribution is -2.15. The van der Waals surface area contributed by atoms with Gasteiger partial charge in [-0.15, -0.1) is 0 Å². The van der Waals surface area contributed by atoms with Crippen molar-refractivity contribution < 1.29 is 13.2 Å². The van der Waals surface area contributed by atoms with Gasteiger partial charge < -0.3 is 4.74 Å². The summed E-state index contributed by atoms with van der Waals surface area (Å²) in [5.74, 6) is 0. The predicted octanol–water partition coefficient (Wildman–Crippen LogP) is 3.25. The number of ether oxygens (including phenoxy) is 1. The molecule has 5 heteroatoms. The van der Waals surface area contributed by atoms with E-state index in [-0.39, 0.29) is 4.90 Å². The summed E-state index contributed by atoms with van der Waals surface area (Å²) in [5.41, 5.74) is 3.40. The van der Waals surface area contributed by atoms with Gasteiger partial charge in [-0.2, -0.15) is 0 Å². The Kier molecular flexibility index (Phi) is 4.65. The number of aryl methyl sites for hydroxylation is 2. The van der Waals surface area contributed by atoms with Gasteiger partial charge in [0.05, 0.1) is 17.2 Å². The maximum Gasteiger partial charge on any atom is 0.261 e. The van der Waals surface area contributed by atoms with Crippen LogP contribution in [0.4, 0.5) is 5.69 Å². The summed E-state index contributed by atoms with van der Waals surface area (Å²) in [6.07, 6.45) is 0. The van der Waals surface area contributed by atoms with E-state index in [0.29, 0.717) is 12.3 Å². The molecule has 0 heterocycles. The maximum atomic E-state index is 12.4. The quantitative estimate of drug-likeness (QED) is 0.922. The summed E-state index contributed by atoms with van der Waals surface area (Å²) >= 11 is 0. The van der Waals surface area contributed by atoms with E-state index in [0.717, 1.165) is 16.7 Å². The number of methoxy groups -OCH3 is 1. The first-order chi connectivity index (χ1) is 9.94. The Balaban J connectivity index is 2.37. The number of nitrogens with one attached hydrogen (secondary N) is 1. The van der Waals surface area contributed by atoms with Crippen LogP contribution >= 0.6 is 0 Å². The molecule has 21 heavy (non-hydrogen) atoms. The van der Waals surface area contributed by atoms with Crippen molar-refractivity contribution in [1.29, 1.82) is 0 Å². The van der Waals surface area contributed by atoms with E-state index in [1.165, 1.54) is 0 Å². The second-order valence-corrected chi connectivity index (χ2v) is 6.63. The number of hydrogen-bond acceptors (Lipinski definition) is 3. The molecule has 0 saturated heterocycles. The van der Waals surface area contributed by atoms with Gasteiger partial charge in [0.1, 0.15) is 0 Å². The van der Waals surface area contributed by atoms with Crippen LogP contribution in [0.5, 0.6) is 0 Å². The molecule has 0 unspecified atom stereocenters. The molecule has 2 rings (SSSR count). The van der Waals surface area contributed by atoms with Crippen LogP contribution in [0.3, 0.4) is 0 Å². The van der Waals surface area contributed by atoms with Gasteiger partial charge in [-0.1, -0.05) is 29.8 Å². The van der Waals surface area contributed by atoms with Crippen molar-refractivity contribution in [2.45, 2.75) is 25.3 Å². The number of rotatable bonds is 5. The maximum absolute atomic E-state index is 12.4. The zero-order chi connectivity index (χ0) is 15.5. The minimum atomic E-state index is -3.59. The highest BCUT2D eigenvalue weighted by Crippen LogP contribution is 2.23. The van der Waals surface area contributed by atoms with E-state index in [9.17, 15) is 8.42 Å². The molecule has 0 atom stereocenters. The Morgan fingerprint density at radius 3 is 2.33 bits per heavy atom. The molecule has 112 valence electrons. The van der Waals surface area contributed by atoms with E-state index < -0.39 is 10.0 Å². The molecule has 0 aliphatic carbocycles. The molecule has 4 nitrogen and oxygen atoms in total. The van der Waals surface area contributed by atoms with Crippen molar-refractivity contribution in [3.63, 3.8) is 0 Å². The smallest absolute Gasteiger partial charge is 0.261 e. The Bertz CT molecular complexity index is 722. The van der Waals surface area contributed by atoms with Gasteiger partial charge >= 0.3 is 0 Å². The second-order valence-electron chi connectivity index (χ2n) is 4.95. The van der Waals surface area contributed by atoms with Gasteiger partial charge in [0.2, 0.25) is 0 Å². The standard InChI is InChI=1S/C16H19NO3S/c1-12-7-9-14(10-8-12)21(18,19)17-16-6-4-5-13(2)15(16)11-20-3/h4-10,17H,11H2,1-3H3. The van der Waals surface area contributed by atoms with Crippen molar-refractivity contribution in [1.82, 2.24) is 0 Å². The molecule has 0 radical (unpaired) electrons. The molecule has 0 aliphatic heterocycles. The first-order valence-corrected chi connectivity index (χ1v) is 8.09. The third kappa shape index (κ3) is 3.62. The van der Waals surface area contributed by atoms with Crippen molar-refractivity contribution in [2.75, 3.05) is 11.8 Å². The van der Waals surface area contributed by atoms with E-state index >= 15 is 0 Å². The lowest BCUT2D eigenvalue weighted by molar-refractivity contribution is 0.185. The molecular weight excluding hydrogens is 286 g/mol. The molecule has 0 aliphatic rings. The molecule has 0 saturated carbocycles. The van der Waals surface area contributed by atoms with Crippen molar-refractivity contribution in [3.8, 4) is 0 Å². The summed E-state index contributed by atoms with van der Waals surface area (Å²) in [4.78, 5) is 0.248. The van der Waals surface area contributed by atoms with E-state index in [1.54, 1.807) is 37.4 Å². The highest BCUT2D eigenvalue weighted by molar-refractivity contribution is 7.92. The van der Waals surface area contributed by atoms with Crippen LogP contribution in [0, 0.1) is 13.8 Å². The topological polar surface area (TPSA) is 55.4 Å². The van der Waals surface area contributed by atoms with Crippen molar-refractivity contribution in [3.05, 3.63) is 59.2 Å². The van der Waals surface area contributed by atoms with Crippen molar-refractivity contribution >= 4 is 15.7 Å². The van der Waals surface area contributed by atoms with Crippen LogP contribution < -0.4 is 4.72 Å².